The van der Waals surface area contributed by atoms with Crippen LogP contribution in [0.4, 0.5) is 4.39 Å². The number of Topliss-reactive ketones (excluding diaryl/α,β-unsaturated/α-hetero) is 1. The first-order valence-electron chi connectivity index (χ1n) is 7.26. The Balaban J connectivity index is 1.79. The largest absolute Gasteiger partial charge is 0.364 e. The number of carbonyl (C=O) groups excluding carboxylic acids is 3. The lowest BCUT2D eigenvalue weighted by atomic mass is 9.77. The maximum absolute atomic E-state index is 13.8. The quantitative estimate of drug-likeness (QED) is 0.625. The minimum Gasteiger partial charge on any atom is -0.364 e. The molecule has 6 heteroatoms. The van der Waals surface area contributed by atoms with Gasteiger partial charge in [0, 0.05) is 12.0 Å². The number of epoxide rings is 1. The molecule has 4 rings (SSSR count). The first-order chi connectivity index (χ1) is 10.4. The number of nitrogens with one attached hydrogen (secondary N) is 1. The maximum Gasteiger partial charge on any atom is 0.230 e. The van der Waals surface area contributed by atoms with Crippen molar-refractivity contribution >= 4 is 17.6 Å². The zero-order chi connectivity index (χ0) is 15.6. The summed E-state index contributed by atoms with van der Waals surface area (Å²) in [6.45, 7) is 1.98. The second-order valence-corrected chi connectivity index (χ2v) is 6.22. The number of rotatable bonds is 1. The molecule has 3 aliphatic rings. The van der Waals surface area contributed by atoms with Gasteiger partial charge in [0.05, 0.1) is 18.4 Å². The van der Waals surface area contributed by atoms with Crippen molar-refractivity contribution in [2.45, 2.75) is 25.4 Å². The molecule has 2 aliphatic heterocycles. The fourth-order valence-electron chi connectivity index (χ4n) is 3.73. The van der Waals surface area contributed by atoms with Gasteiger partial charge in [-0.15, -0.1) is 0 Å². The summed E-state index contributed by atoms with van der Waals surface area (Å²) in [6.07, 6.45) is 0.529. The van der Waals surface area contributed by atoms with E-state index in [0.29, 0.717) is 29.7 Å². The van der Waals surface area contributed by atoms with Crippen LogP contribution in [0.25, 0.3) is 0 Å². The zero-order valence-corrected chi connectivity index (χ0v) is 11.9. The number of ether oxygens (including phenoxy) is 1. The van der Waals surface area contributed by atoms with Crippen molar-refractivity contribution in [1.29, 1.82) is 0 Å². The van der Waals surface area contributed by atoms with Gasteiger partial charge in [0.2, 0.25) is 11.8 Å². The molecule has 114 valence electrons. The molecule has 3 unspecified atom stereocenters. The topological polar surface area (TPSA) is 75.8 Å². The van der Waals surface area contributed by atoms with Crippen LogP contribution in [0.1, 0.15) is 34.3 Å². The summed E-state index contributed by atoms with van der Waals surface area (Å²) >= 11 is 0. The molecule has 2 fully saturated rings. The van der Waals surface area contributed by atoms with Crippen LogP contribution in [0, 0.1) is 24.6 Å². The van der Waals surface area contributed by atoms with Crippen molar-refractivity contribution in [1.82, 2.24) is 5.32 Å². The highest BCUT2D eigenvalue weighted by atomic mass is 19.1. The molecule has 2 amide bonds. The Hall–Kier alpha value is -2.08. The van der Waals surface area contributed by atoms with Crippen molar-refractivity contribution in [2.24, 2.45) is 11.8 Å². The Labute approximate surface area is 125 Å². The second kappa shape index (κ2) is 4.23. The number of hydrogen-bond acceptors (Lipinski definition) is 4. The highest BCUT2D eigenvalue weighted by Gasteiger charge is 2.65. The average Bonchev–Trinajstić information content (AvgIpc) is 3.21. The van der Waals surface area contributed by atoms with E-state index in [9.17, 15) is 18.8 Å². The van der Waals surface area contributed by atoms with Gasteiger partial charge < -0.3 is 4.74 Å². The number of halogens is 1. The summed E-state index contributed by atoms with van der Waals surface area (Å²) in [7, 11) is 0. The number of hydrogen-bond donors (Lipinski definition) is 1. The molecule has 0 bridgehead atoms. The van der Waals surface area contributed by atoms with Gasteiger partial charge in [-0.3, -0.25) is 19.7 Å². The van der Waals surface area contributed by atoms with Crippen LogP contribution in [0.5, 0.6) is 0 Å². The molecule has 22 heavy (non-hydrogen) atoms. The summed E-state index contributed by atoms with van der Waals surface area (Å²) in [5.41, 5.74) is 0.611. The molecule has 3 atom stereocenters. The normalized spacial score (nSPS) is 33.1. The van der Waals surface area contributed by atoms with Crippen LogP contribution in [-0.4, -0.2) is 24.2 Å². The van der Waals surface area contributed by atoms with Crippen LogP contribution in [-0.2, 0) is 19.9 Å². The number of amides is 2. The molecule has 5 nitrogen and oxygen atoms in total. The Morgan fingerprint density at radius 1 is 1.32 bits per heavy atom. The zero-order valence-electron chi connectivity index (χ0n) is 11.9. The number of benzene rings is 1. The van der Waals surface area contributed by atoms with E-state index in [-0.39, 0.29) is 18.1 Å². The minimum absolute atomic E-state index is 0.208. The highest BCUT2D eigenvalue weighted by molar-refractivity contribution is 6.08. The molecular weight excluding hydrogens is 289 g/mol. The number of ketones is 1. The molecule has 1 aromatic rings. The third-order valence-corrected chi connectivity index (χ3v) is 4.94. The summed E-state index contributed by atoms with van der Waals surface area (Å²) in [6, 6.07) is 2.88. The Kier molecular flexibility index (Phi) is 2.61. The monoisotopic (exact) mass is 303 g/mol. The van der Waals surface area contributed by atoms with Crippen LogP contribution in [0.2, 0.25) is 0 Å². The first kappa shape index (κ1) is 13.6. The van der Waals surface area contributed by atoms with Crippen LogP contribution >= 0.6 is 0 Å². The van der Waals surface area contributed by atoms with Gasteiger partial charge in [0.15, 0.2) is 5.78 Å². The lowest BCUT2D eigenvalue weighted by Gasteiger charge is -2.27. The van der Waals surface area contributed by atoms with Crippen molar-refractivity contribution < 1.29 is 23.5 Å². The molecule has 1 spiro atoms. The van der Waals surface area contributed by atoms with Gasteiger partial charge in [-0.25, -0.2) is 4.39 Å². The van der Waals surface area contributed by atoms with Crippen LogP contribution in [0.3, 0.4) is 0 Å². The lowest BCUT2D eigenvalue weighted by molar-refractivity contribution is -0.138. The van der Waals surface area contributed by atoms with Gasteiger partial charge in [-0.1, -0.05) is 0 Å². The highest BCUT2D eigenvalue weighted by Crippen LogP contribution is 2.56. The molecule has 2 saturated heterocycles. The van der Waals surface area contributed by atoms with E-state index >= 15 is 0 Å². The molecule has 0 aromatic heterocycles. The smallest absolute Gasteiger partial charge is 0.230 e. The molecule has 0 radical (unpaired) electrons. The summed E-state index contributed by atoms with van der Waals surface area (Å²) in [5.74, 6) is -2.74. The molecule has 1 N–H and O–H groups in total. The van der Waals surface area contributed by atoms with Gasteiger partial charge in [-0.2, -0.15) is 0 Å². The molecule has 1 aromatic carbocycles. The van der Waals surface area contributed by atoms with Gasteiger partial charge >= 0.3 is 0 Å². The third-order valence-electron chi connectivity index (χ3n) is 4.94. The number of fused-ring (bicyclic) bond motifs is 2. The van der Waals surface area contributed by atoms with Gasteiger partial charge in [0.25, 0.3) is 0 Å². The minimum atomic E-state index is -0.812. The summed E-state index contributed by atoms with van der Waals surface area (Å²) in [4.78, 5) is 36.2. The SMILES string of the molecule is Cc1cc2c(cc1F)C(=O)C(C1CCC(=O)NC1=O)C21CO1. The first-order valence-corrected chi connectivity index (χ1v) is 7.26. The molecule has 2 heterocycles. The number of aryl methyl sites for hydroxylation is 1. The maximum atomic E-state index is 13.8. The van der Waals surface area contributed by atoms with E-state index in [4.69, 9.17) is 4.74 Å². The van der Waals surface area contributed by atoms with Gasteiger partial charge in [-0.05, 0) is 36.6 Å². The standard InChI is InChI=1S/C16H14FNO4/c1-7-4-10-9(5-11(7)17)14(20)13(16(10)6-22-16)8-2-3-12(19)18-15(8)21/h4-5,8,13H,2-3,6H2,1H3,(H,18,19,21). The van der Waals surface area contributed by atoms with Crippen molar-refractivity contribution in [3.05, 3.63) is 34.6 Å². The van der Waals surface area contributed by atoms with Crippen molar-refractivity contribution in [2.75, 3.05) is 6.61 Å². The van der Waals surface area contributed by atoms with Gasteiger partial charge in [0.1, 0.15) is 11.4 Å². The van der Waals surface area contributed by atoms with E-state index in [1.54, 1.807) is 13.0 Å². The Morgan fingerprint density at radius 2 is 2.05 bits per heavy atom. The van der Waals surface area contributed by atoms with Crippen LogP contribution < -0.4 is 5.32 Å². The number of piperidine rings is 1. The van der Waals surface area contributed by atoms with E-state index in [0.717, 1.165) is 0 Å². The van der Waals surface area contributed by atoms with E-state index in [2.05, 4.69) is 5.32 Å². The third kappa shape index (κ3) is 1.64. The average molecular weight is 303 g/mol. The lowest BCUT2D eigenvalue weighted by Crippen LogP contribution is -2.47. The predicted octanol–water partition coefficient (Wildman–Crippen LogP) is 1.22. The predicted molar refractivity (Wildman–Crippen MR) is 72.5 cm³/mol. The van der Waals surface area contributed by atoms with Crippen molar-refractivity contribution in [3.8, 4) is 0 Å². The Bertz CT molecular complexity index is 738. The summed E-state index contributed by atoms with van der Waals surface area (Å²) < 4.78 is 19.4. The molecule has 0 saturated carbocycles. The fraction of sp³-hybridized carbons (Fsp3) is 0.438. The van der Waals surface area contributed by atoms with Crippen LogP contribution in [0.15, 0.2) is 12.1 Å². The second-order valence-electron chi connectivity index (χ2n) is 6.22. The van der Waals surface area contributed by atoms with E-state index in [1.807, 2.05) is 0 Å². The number of carbonyl (C=O) groups is 3. The number of imide groups is 1. The van der Waals surface area contributed by atoms with Crippen molar-refractivity contribution in [3.63, 3.8) is 0 Å². The molecule has 1 aliphatic carbocycles. The fourth-order valence-corrected chi connectivity index (χ4v) is 3.73. The summed E-state index contributed by atoms with van der Waals surface area (Å²) in [5, 5.41) is 2.28. The molecular formula is C16H14FNO4. The van der Waals surface area contributed by atoms with E-state index < -0.39 is 29.2 Å². The Morgan fingerprint density at radius 3 is 2.68 bits per heavy atom. The van der Waals surface area contributed by atoms with E-state index in [1.165, 1.54) is 6.07 Å².